The van der Waals surface area contributed by atoms with Gasteiger partial charge in [0.05, 0.1) is 11.1 Å². The van der Waals surface area contributed by atoms with Crippen LogP contribution in [0.5, 0.6) is 0 Å². The van der Waals surface area contributed by atoms with Crippen molar-refractivity contribution < 1.29 is 97.2 Å². The highest BCUT2D eigenvalue weighted by Crippen LogP contribution is 2.31. The van der Waals surface area contributed by atoms with Gasteiger partial charge < -0.3 is 0 Å². The molecule has 0 saturated carbocycles. The number of thiol groups is 1. The number of ketones is 1. The second-order valence-electron chi connectivity index (χ2n) is 13.7. The summed E-state index contributed by atoms with van der Waals surface area (Å²) in [5.41, 5.74) is -12.4. The Kier molecular flexibility index (Phi) is 13.6. The van der Waals surface area contributed by atoms with Gasteiger partial charge in [0.2, 0.25) is 5.78 Å². The normalized spacial score (nSPS) is 11.6. The van der Waals surface area contributed by atoms with Gasteiger partial charge in [0, 0.05) is 11.6 Å². The summed E-state index contributed by atoms with van der Waals surface area (Å²) >= 11 is 4.16. The first-order valence-electron chi connectivity index (χ1n) is 17.8. The summed E-state index contributed by atoms with van der Waals surface area (Å²) in [6.07, 6.45) is -5.24. The third kappa shape index (κ3) is 7.57. The molecular formula is C42H16BF20NOS. The zero-order chi connectivity index (χ0) is 49.0. The SMILES string of the molecule is Fc1c(F)c(F)c([B-](c2c(F)c(F)c(F)c(F)c2F)(c2c(F)c(F)c(F)c(F)c2F)c2c(F)c(F)c(F)c(F)c2F)c(F)c1F.O=C(CS)c1c2ccccc2cc[n+]1Cc1ccccc1. The highest BCUT2D eigenvalue weighted by atomic mass is 32.1. The third-order valence-corrected chi connectivity index (χ3v) is 10.5. The maximum Gasteiger partial charge on any atom is 0.257 e. The van der Waals surface area contributed by atoms with Crippen LogP contribution in [-0.2, 0) is 6.54 Å². The number of hydrogen-bond acceptors (Lipinski definition) is 2. The van der Waals surface area contributed by atoms with E-state index in [2.05, 4.69) is 24.8 Å². The summed E-state index contributed by atoms with van der Waals surface area (Å²) in [5.74, 6) is -71.1. The van der Waals surface area contributed by atoms with E-state index in [9.17, 15) is 57.5 Å². The van der Waals surface area contributed by atoms with Gasteiger partial charge in [-0.05, 0) is 11.5 Å². The molecule has 0 amide bonds. The van der Waals surface area contributed by atoms with Crippen molar-refractivity contribution in [3.05, 3.63) is 194 Å². The zero-order valence-corrected chi connectivity index (χ0v) is 32.6. The molecule has 0 aliphatic heterocycles. The standard InChI is InChI=1S/C24BF20.C18H15NOS/c26-5-1(6(27)14(35)21(42)13(5)34)25(2-7(28)15(36)22(43)16(37)8(2)29,3-9(30)17(38)23(44)18(39)10(3)31)4-11(32)19(40)24(45)20(41)12(4)33;20-17(13-21)18-16-9-5-4-8-15(16)10-11-19(18)12-14-6-2-1-3-7-14/h;1-11H,12-13H2/q-1;/p+1. The molecule has 1 aromatic heterocycles. The summed E-state index contributed by atoms with van der Waals surface area (Å²) < 4.78 is 296. The van der Waals surface area contributed by atoms with E-state index in [-0.39, 0.29) is 11.5 Å². The molecule has 6 aromatic carbocycles. The molecule has 0 N–H and O–H groups in total. The summed E-state index contributed by atoms with van der Waals surface area (Å²) in [4.78, 5) is 12.3. The second-order valence-corrected chi connectivity index (χ2v) is 14.1. The molecule has 0 aliphatic rings. The number of carbonyl (C=O) groups is 1. The van der Waals surface area contributed by atoms with Crippen LogP contribution in [0.3, 0.4) is 0 Å². The topological polar surface area (TPSA) is 20.9 Å². The molecule has 24 heteroatoms. The van der Waals surface area contributed by atoms with Gasteiger partial charge in [-0.1, -0.05) is 48.5 Å². The lowest BCUT2D eigenvalue weighted by atomic mass is 9.12. The van der Waals surface area contributed by atoms with Gasteiger partial charge in [-0.15, -0.1) is 21.9 Å². The maximum atomic E-state index is 15.4. The van der Waals surface area contributed by atoms with Crippen LogP contribution in [0.4, 0.5) is 87.8 Å². The van der Waals surface area contributed by atoms with Gasteiger partial charge >= 0.3 is 0 Å². The molecule has 0 spiro atoms. The highest BCUT2D eigenvalue weighted by molar-refractivity contribution is 7.81. The predicted molar refractivity (Wildman–Crippen MR) is 197 cm³/mol. The Hall–Kier alpha value is -6.59. The van der Waals surface area contributed by atoms with Crippen LogP contribution in [0.15, 0.2) is 66.9 Å². The van der Waals surface area contributed by atoms with Crippen LogP contribution >= 0.6 is 12.6 Å². The summed E-state index contributed by atoms with van der Waals surface area (Å²) in [7, 11) is 0. The van der Waals surface area contributed by atoms with Crippen LogP contribution < -0.4 is 26.4 Å². The largest absolute Gasteiger partial charge is 0.286 e. The van der Waals surface area contributed by atoms with E-state index < -0.39 is 144 Å². The zero-order valence-electron chi connectivity index (χ0n) is 31.7. The molecule has 0 unspecified atom stereocenters. The average Bonchev–Trinajstić information content (AvgIpc) is 3.31. The van der Waals surface area contributed by atoms with Crippen LogP contribution in [0.25, 0.3) is 10.8 Å². The van der Waals surface area contributed by atoms with Crippen LogP contribution in [0.1, 0.15) is 16.1 Å². The summed E-state index contributed by atoms with van der Waals surface area (Å²) in [6.45, 7) is 0.681. The smallest absolute Gasteiger partial charge is 0.257 e. The second kappa shape index (κ2) is 18.4. The van der Waals surface area contributed by atoms with Crippen LogP contribution in [0.2, 0.25) is 0 Å². The maximum absolute atomic E-state index is 15.4. The van der Waals surface area contributed by atoms with Crippen molar-refractivity contribution in [2.75, 3.05) is 5.75 Å². The summed E-state index contributed by atoms with van der Waals surface area (Å²) in [5, 5.41) is 2.06. The van der Waals surface area contributed by atoms with Gasteiger partial charge in [0.1, 0.15) is 52.7 Å². The molecule has 0 radical (unpaired) electrons. The number of carbonyl (C=O) groups excluding carboxylic acids is 1. The number of rotatable bonds is 8. The minimum atomic E-state index is -7.22. The van der Waals surface area contributed by atoms with E-state index in [1.165, 1.54) is 5.56 Å². The van der Waals surface area contributed by atoms with Crippen molar-refractivity contribution in [2.24, 2.45) is 0 Å². The van der Waals surface area contributed by atoms with E-state index in [4.69, 9.17) is 0 Å². The molecule has 7 aromatic rings. The minimum absolute atomic E-state index is 0.0473. The average molecular weight is 973 g/mol. The highest BCUT2D eigenvalue weighted by Gasteiger charge is 2.52. The quantitative estimate of drug-likeness (QED) is 0.0307. The number of aromatic nitrogens is 1. The number of fused-ring (bicyclic) bond motifs is 1. The van der Waals surface area contributed by atoms with Crippen molar-refractivity contribution in [1.29, 1.82) is 0 Å². The van der Waals surface area contributed by atoms with Gasteiger partial charge in [-0.2, -0.15) is 17.2 Å². The van der Waals surface area contributed by atoms with Crippen molar-refractivity contribution in [3.63, 3.8) is 0 Å². The fourth-order valence-corrected chi connectivity index (χ4v) is 7.58. The lowest BCUT2D eigenvalue weighted by molar-refractivity contribution is -0.688. The minimum Gasteiger partial charge on any atom is -0.286 e. The molecule has 0 fully saturated rings. The molecule has 66 heavy (non-hydrogen) atoms. The first-order chi connectivity index (χ1) is 31.0. The lowest BCUT2D eigenvalue weighted by Crippen LogP contribution is -2.81. The molecule has 1 heterocycles. The molecule has 0 saturated heterocycles. The van der Waals surface area contributed by atoms with Crippen molar-refractivity contribution in [2.45, 2.75) is 6.54 Å². The van der Waals surface area contributed by atoms with Crippen molar-refractivity contribution >= 4 is 57.2 Å². The Morgan fingerprint density at radius 3 is 1.00 bits per heavy atom. The molecule has 7 rings (SSSR count). The van der Waals surface area contributed by atoms with E-state index in [1.807, 2.05) is 59.3 Å². The Bertz CT molecular complexity index is 2750. The molecular weight excluding hydrogens is 957 g/mol. The Morgan fingerprint density at radius 1 is 0.394 bits per heavy atom. The summed E-state index contributed by atoms with van der Waals surface area (Å²) in [6, 6.07) is 20.2. The Morgan fingerprint density at radius 2 is 0.682 bits per heavy atom. The lowest BCUT2D eigenvalue weighted by Gasteiger charge is -2.44. The molecule has 344 valence electrons. The third-order valence-electron chi connectivity index (χ3n) is 10.2. The fraction of sp³-hybridized carbons (Fsp3) is 0.0476. The van der Waals surface area contributed by atoms with Crippen molar-refractivity contribution in [3.8, 4) is 0 Å². The van der Waals surface area contributed by atoms with E-state index >= 15 is 35.1 Å². The number of pyridine rings is 1. The van der Waals surface area contributed by atoms with E-state index in [0.29, 0.717) is 6.54 Å². The molecule has 0 aliphatic carbocycles. The number of nitrogens with zero attached hydrogens (tertiary/aromatic N) is 1. The van der Waals surface area contributed by atoms with Gasteiger partial charge in [-0.3, -0.25) is 4.79 Å². The fourth-order valence-electron chi connectivity index (χ4n) is 7.43. The van der Waals surface area contributed by atoms with Crippen LogP contribution in [-0.4, -0.2) is 17.7 Å². The molecule has 2 nitrogen and oxygen atoms in total. The number of halogens is 20. The van der Waals surface area contributed by atoms with Gasteiger partial charge in [0.15, 0.2) is 82.5 Å². The number of Topliss-reactive ketones (excluding diaryl/α,β-unsaturated/α-hetero) is 1. The van der Waals surface area contributed by atoms with E-state index in [1.54, 1.807) is 0 Å². The van der Waals surface area contributed by atoms with Gasteiger partial charge in [0.25, 0.3) is 5.69 Å². The predicted octanol–water partition coefficient (Wildman–Crippen LogP) is 9.13. The first-order valence-corrected chi connectivity index (χ1v) is 18.5. The first kappa shape index (κ1) is 48.9. The number of benzene rings is 6. The monoisotopic (exact) mass is 973 g/mol. The van der Waals surface area contributed by atoms with Crippen LogP contribution in [0, 0.1) is 116 Å². The molecule has 0 atom stereocenters. The van der Waals surface area contributed by atoms with E-state index in [0.717, 1.165) is 16.5 Å². The van der Waals surface area contributed by atoms with Gasteiger partial charge in [-0.25, -0.2) is 87.8 Å². The molecule has 0 bridgehead atoms. The Balaban J connectivity index is 0.000000284. The Labute approximate surface area is 360 Å². The van der Waals surface area contributed by atoms with Crippen molar-refractivity contribution in [1.82, 2.24) is 0 Å². The number of hydrogen-bond donors (Lipinski definition) is 1.